The maximum Gasteiger partial charge on any atom is 0.260 e. The van der Waals surface area contributed by atoms with Gasteiger partial charge in [0.2, 0.25) is 0 Å². The van der Waals surface area contributed by atoms with E-state index in [1.54, 1.807) is 17.0 Å². The predicted molar refractivity (Wildman–Crippen MR) is 77.4 cm³/mol. The molecule has 0 spiro atoms. The highest BCUT2D eigenvalue weighted by atomic mass is 16.5. The number of nitrogens with two attached hydrogens (primary N) is 1. The third-order valence-corrected chi connectivity index (χ3v) is 3.69. The van der Waals surface area contributed by atoms with Crippen molar-refractivity contribution < 1.29 is 14.6 Å². The molecule has 1 atom stereocenters. The Kier molecular flexibility index (Phi) is 4.49. The Balaban J connectivity index is 1.87. The van der Waals surface area contributed by atoms with Crippen molar-refractivity contribution in [2.24, 2.45) is 0 Å². The molecule has 2 rings (SSSR count). The van der Waals surface area contributed by atoms with Crippen molar-refractivity contribution in [3.8, 4) is 5.75 Å². The second-order valence-corrected chi connectivity index (χ2v) is 5.56. The third-order valence-electron chi connectivity index (χ3n) is 3.69. The number of rotatable bonds is 3. The number of hydrogen-bond acceptors (Lipinski definition) is 4. The topological polar surface area (TPSA) is 75.8 Å². The van der Waals surface area contributed by atoms with Crippen LogP contribution in [-0.4, -0.2) is 41.2 Å². The molecule has 1 fully saturated rings. The minimum Gasteiger partial charge on any atom is -0.482 e. The first-order valence-corrected chi connectivity index (χ1v) is 6.95. The Morgan fingerprint density at radius 3 is 2.90 bits per heavy atom. The quantitative estimate of drug-likeness (QED) is 0.820. The lowest BCUT2D eigenvalue weighted by molar-refractivity contribution is -0.133. The first-order valence-electron chi connectivity index (χ1n) is 6.95. The highest BCUT2D eigenvalue weighted by molar-refractivity contribution is 5.78. The summed E-state index contributed by atoms with van der Waals surface area (Å²) in [7, 11) is 0. The van der Waals surface area contributed by atoms with Crippen molar-refractivity contribution in [1.29, 1.82) is 0 Å². The van der Waals surface area contributed by atoms with E-state index in [4.69, 9.17) is 10.5 Å². The van der Waals surface area contributed by atoms with Gasteiger partial charge in [-0.2, -0.15) is 0 Å². The van der Waals surface area contributed by atoms with E-state index in [0.717, 1.165) is 12.8 Å². The molecule has 20 heavy (non-hydrogen) atoms. The highest BCUT2D eigenvalue weighted by Gasteiger charge is 2.27. The summed E-state index contributed by atoms with van der Waals surface area (Å²) in [4.78, 5) is 13.9. The molecule has 0 aliphatic carbocycles. The molecular formula is C15H22N2O3. The van der Waals surface area contributed by atoms with E-state index in [9.17, 15) is 9.90 Å². The number of carbonyl (C=O) groups excluding carboxylic acids is 1. The number of ether oxygens (including phenoxy) is 1. The maximum atomic E-state index is 12.1. The Hall–Kier alpha value is -1.75. The number of nitrogens with zero attached hydrogens (tertiary/aromatic N) is 1. The van der Waals surface area contributed by atoms with Gasteiger partial charge in [0, 0.05) is 13.1 Å². The standard InChI is InChI=1S/C15H22N2O3/c1-15(19)7-4-9-17(10-8-15)14(18)11-20-13-6-3-2-5-12(13)16/h2-3,5-6,19H,4,7-11,16H2,1H3. The van der Waals surface area contributed by atoms with Crippen LogP contribution in [0.5, 0.6) is 5.75 Å². The number of nitrogen functional groups attached to an aromatic ring is 1. The zero-order chi connectivity index (χ0) is 14.6. The van der Waals surface area contributed by atoms with E-state index in [1.807, 2.05) is 19.1 Å². The maximum absolute atomic E-state index is 12.1. The smallest absolute Gasteiger partial charge is 0.260 e. The van der Waals surface area contributed by atoms with Gasteiger partial charge in [0.25, 0.3) is 5.91 Å². The number of benzene rings is 1. The molecular weight excluding hydrogens is 256 g/mol. The number of likely N-dealkylation sites (tertiary alicyclic amines) is 1. The molecule has 0 aromatic heterocycles. The van der Waals surface area contributed by atoms with Crippen LogP contribution in [0, 0.1) is 0 Å². The van der Waals surface area contributed by atoms with Crippen molar-refractivity contribution in [2.75, 3.05) is 25.4 Å². The Morgan fingerprint density at radius 1 is 1.40 bits per heavy atom. The zero-order valence-corrected chi connectivity index (χ0v) is 11.8. The van der Waals surface area contributed by atoms with Crippen LogP contribution in [0.3, 0.4) is 0 Å². The normalized spacial score (nSPS) is 23.2. The van der Waals surface area contributed by atoms with Crippen molar-refractivity contribution in [3.63, 3.8) is 0 Å². The highest BCUT2D eigenvalue weighted by Crippen LogP contribution is 2.22. The van der Waals surface area contributed by atoms with Gasteiger partial charge in [-0.05, 0) is 38.3 Å². The summed E-state index contributed by atoms with van der Waals surface area (Å²) < 4.78 is 5.47. The van der Waals surface area contributed by atoms with Gasteiger partial charge in [-0.1, -0.05) is 12.1 Å². The molecule has 1 unspecified atom stereocenters. The second-order valence-electron chi connectivity index (χ2n) is 5.56. The van der Waals surface area contributed by atoms with Gasteiger partial charge in [-0.25, -0.2) is 0 Å². The van der Waals surface area contributed by atoms with Gasteiger partial charge in [0.15, 0.2) is 6.61 Å². The predicted octanol–water partition coefficient (Wildman–Crippen LogP) is 1.41. The SMILES string of the molecule is CC1(O)CCCN(C(=O)COc2ccccc2N)CC1. The summed E-state index contributed by atoms with van der Waals surface area (Å²) in [5.41, 5.74) is 5.62. The van der Waals surface area contributed by atoms with E-state index in [0.29, 0.717) is 30.9 Å². The van der Waals surface area contributed by atoms with E-state index in [2.05, 4.69) is 0 Å². The monoisotopic (exact) mass is 278 g/mol. The molecule has 110 valence electrons. The van der Waals surface area contributed by atoms with Crippen LogP contribution in [0.25, 0.3) is 0 Å². The lowest BCUT2D eigenvalue weighted by atomic mass is 9.98. The lowest BCUT2D eigenvalue weighted by Gasteiger charge is -2.22. The van der Waals surface area contributed by atoms with E-state index in [1.165, 1.54) is 0 Å². The number of amides is 1. The van der Waals surface area contributed by atoms with Crippen LogP contribution in [0.1, 0.15) is 26.2 Å². The molecule has 1 saturated heterocycles. The Labute approximate surface area is 119 Å². The Bertz CT molecular complexity index is 474. The van der Waals surface area contributed by atoms with E-state index >= 15 is 0 Å². The number of aliphatic hydroxyl groups is 1. The molecule has 1 amide bonds. The molecule has 1 aliphatic rings. The largest absolute Gasteiger partial charge is 0.482 e. The van der Waals surface area contributed by atoms with Crippen LogP contribution in [0.15, 0.2) is 24.3 Å². The molecule has 1 aromatic rings. The molecule has 0 radical (unpaired) electrons. The van der Waals surface area contributed by atoms with Crippen molar-refractivity contribution in [2.45, 2.75) is 31.8 Å². The van der Waals surface area contributed by atoms with Gasteiger partial charge in [-0.15, -0.1) is 0 Å². The van der Waals surface area contributed by atoms with Gasteiger partial charge < -0.3 is 20.5 Å². The summed E-state index contributed by atoms with van der Waals surface area (Å²) >= 11 is 0. The molecule has 1 aromatic carbocycles. The van der Waals surface area contributed by atoms with Gasteiger partial charge in [-0.3, -0.25) is 4.79 Å². The molecule has 1 heterocycles. The van der Waals surface area contributed by atoms with Gasteiger partial charge in [0.05, 0.1) is 11.3 Å². The fourth-order valence-corrected chi connectivity index (χ4v) is 2.36. The zero-order valence-electron chi connectivity index (χ0n) is 11.8. The summed E-state index contributed by atoms with van der Waals surface area (Å²) in [5.74, 6) is 0.466. The molecule has 0 bridgehead atoms. The van der Waals surface area contributed by atoms with E-state index < -0.39 is 5.60 Å². The van der Waals surface area contributed by atoms with Crippen LogP contribution >= 0.6 is 0 Å². The summed E-state index contributed by atoms with van der Waals surface area (Å²) in [5, 5.41) is 10.0. The first kappa shape index (κ1) is 14.7. The number of anilines is 1. The van der Waals surface area contributed by atoms with Crippen LogP contribution in [0.2, 0.25) is 0 Å². The van der Waals surface area contributed by atoms with Crippen molar-refractivity contribution in [1.82, 2.24) is 4.90 Å². The van der Waals surface area contributed by atoms with Crippen LogP contribution in [0.4, 0.5) is 5.69 Å². The fourth-order valence-electron chi connectivity index (χ4n) is 2.36. The van der Waals surface area contributed by atoms with Crippen molar-refractivity contribution in [3.05, 3.63) is 24.3 Å². The molecule has 3 N–H and O–H groups in total. The fraction of sp³-hybridized carbons (Fsp3) is 0.533. The molecule has 5 heteroatoms. The average Bonchev–Trinajstić information content (AvgIpc) is 2.58. The third kappa shape index (κ3) is 3.87. The minimum atomic E-state index is -0.667. The second kappa shape index (κ2) is 6.13. The Morgan fingerprint density at radius 2 is 2.15 bits per heavy atom. The van der Waals surface area contributed by atoms with Gasteiger partial charge in [0.1, 0.15) is 5.75 Å². The number of carbonyl (C=O) groups is 1. The average molecular weight is 278 g/mol. The van der Waals surface area contributed by atoms with Crippen LogP contribution in [-0.2, 0) is 4.79 Å². The molecule has 1 aliphatic heterocycles. The summed E-state index contributed by atoms with van der Waals surface area (Å²) in [6.07, 6.45) is 2.14. The molecule has 0 saturated carbocycles. The molecule has 5 nitrogen and oxygen atoms in total. The lowest BCUT2D eigenvalue weighted by Crippen LogP contribution is -2.36. The summed E-state index contributed by atoms with van der Waals surface area (Å²) in [6.45, 7) is 3.04. The van der Waals surface area contributed by atoms with Crippen LogP contribution < -0.4 is 10.5 Å². The minimum absolute atomic E-state index is 0.0175. The number of para-hydroxylation sites is 2. The van der Waals surface area contributed by atoms with Gasteiger partial charge >= 0.3 is 0 Å². The first-order chi connectivity index (χ1) is 9.48. The van der Waals surface area contributed by atoms with Crippen molar-refractivity contribution >= 4 is 11.6 Å². The number of hydrogen-bond donors (Lipinski definition) is 2. The van der Waals surface area contributed by atoms with E-state index in [-0.39, 0.29) is 12.5 Å². The summed E-state index contributed by atoms with van der Waals surface area (Å²) in [6, 6.07) is 7.12.